The first-order valence-corrected chi connectivity index (χ1v) is 7.73. The minimum atomic E-state index is -0.193. The van der Waals surface area contributed by atoms with Crippen LogP contribution in [0.15, 0.2) is 35.9 Å². The average molecular weight is 287 g/mol. The highest BCUT2D eigenvalue weighted by atomic mass is 16.5. The zero-order valence-electron chi connectivity index (χ0n) is 13.3. The van der Waals surface area contributed by atoms with Gasteiger partial charge in [0.15, 0.2) is 0 Å². The number of nitrogens with zero attached hydrogens (tertiary/aromatic N) is 1. The van der Waals surface area contributed by atoms with Crippen molar-refractivity contribution in [2.75, 3.05) is 25.6 Å². The number of ether oxygens (including phenoxy) is 1. The lowest BCUT2D eigenvalue weighted by Gasteiger charge is -2.24. The number of allylic oxidation sites excluding steroid dienone is 1. The lowest BCUT2D eigenvalue weighted by atomic mass is 9.81. The lowest BCUT2D eigenvalue weighted by molar-refractivity contribution is -0.137. The molecule has 1 fully saturated rings. The molecule has 0 aliphatic heterocycles. The van der Waals surface area contributed by atoms with Gasteiger partial charge >= 0.3 is 5.97 Å². The first-order valence-electron chi connectivity index (χ1n) is 7.73. The van der Waals surface area contributed by atoms with Crippen molar-refractivity contribution in [3.8, 4) is 0 Å². The largest absolute Gasteiger partial charge is 0.463 e. The quantitative estimate of drug-likeness (QED) is 0.621. The van der Waals surface area contributed by atoms with Crippen molar-refractivity contribution in [1.29, 1.82) is 0 Å². The Bertz CT molecular complexity index is 492. The van der Waals surface area contributed by atoms with Gasteiger partial charge in [-0.1, -0.05) is 17.7 Å². The number of anilines is 1. The first kappa shape index (κ1) is 15.6. The van der Waals surface area contributed by atoms with Crippen molar-refractivity contribution in [1.82, 2.24) is 0 Å². The van der Waals surface area contributed by atoms with Gasteiger partial charge in [0.25, 0.3) is 0 Å². The van der Waals surface area contributed by atoms with E-state index in [9.17, 15) is 4.79 Å². The maximum atomic E-state index is 11.5. The number of carbonyl (C=O) groups is 1. The molecule has 0 saturated heterocycles. The summed E-state index contributed by atoms with van der Waals surface area (Å²) in [6.07, 6.45) is 5.92. The van der Waals surface area contributed by atoms with E-state index in [1.54, 1.807) is 6.08 Å². The number of rotatable bonds is 4. The fourth-order valence-corrected chi connectivity index (χ4v) is 2.86. The third-order valence-corrected chi connectivity index (χ3v) is 4.12. The van der Waals surface area contributed by atoms with E-state index >= 15 is 0 Å². The van der Waals surface area contributed by atoms with E-state index in [-0.39, 0.29) is 5.97 Å². The molecule has 0 aromatic heterocycles. The van der Waals surface area contributed by atoms with Crippen LogP contribution >= 0.6 is 0 Å². The van der Waals surface area contributed by atoms with Crippen LogP contribution in [0.1, 0.15) is 44.1 Å². The summed E-state index contributed by atoms with van der Waals surface area (Å²) in [5.41, 5.74) is 3.88. The smallest absolute Gasteiger partial charge is 0.330 e. The van der Waals surface area contributed by atoms with E-state index in [4.69, 9.17) is 4.74 Å². The van der Waals surface area contributed by atoms with Crippen molar-refractivity contribution in [3.63, 3.8) is 0 Å². The Labute approximate surface area is 127 Å². The van der Waals surface area contributed by atoms with Gasteiger partial charge in [-0.15, -0.1) is 0 Å². The molecule has 3 heteroatoms. The van der Waals surface area contributed by atoms with E-state index in [1.807, 2.05) is 6.92 Å². The molecule has 0 bridgehead atoms. The van der Waals surface area contributed by atoms with E-state index in [0.717, 1.165) is 25.7 Å². The second kappa shape index (κ2) is 7.30. The molecular weight excluding hydrogens is 262 g/mol. The summed E-state index contributed by atoms with van der Waals surface area (Å²) in [4.78, 5) is 13.6. The molecule has 0 spiro atoms. The first-order chi connectivity index (χ1) is 10.1. The molecule has 21 heavy (non-hydrogen) atoms. The van der Waals surface area contributed by atoms with Crippen molar-refractivity contribution in [2.45, 2.75) is 38.5 Å². The number of hydrogen-bond donors (Lipinski definition) is 0. The van der Waals surface area contributed by atoms with Gasteiger partial charge in [-0.05, 0) is 56.2 Å². The zero-order valence-corrected chi connectivity index (χ0v) is 13.3. The van der Waals surface area contributed by atoms with E-state index < -0.39 is 0 Å². The third kappa shape index (κ3) is 4.35. The Morgan fingerprint density at radius 3 is 2.38 bits per heavy atom. The van der Waals surface area contributed by atoms with Crippen LogP contribution in [0.5, 0.6) is 0 Å². The van der Waals surface area contributed by atoms with Gasteiger partial charge in [0.05, 0.1) is 6.61 Å². The maximum Gasteiger partial charge on any atom is 0.330 e. The summed E-state index contributed by atoms with van der Waals surface area (Å²) < 4.78 is 4.97. The number of hydrogen-bond acceptors (Lipinski definition) is 3. The van der Waals surface area contributed by atoms with Gasteiger partial charge in [0.1, 0.15) is 0 Å². The van der Waals surface area contributed by atoms with E-state index in [2.05, 4.69) is 43.3 Å². The molecule has 1 aliphatic rings. The molecule has 0 heterocycles. The molecule has 0 N–H and O–H groups in total. The summed E-state index contributed by atoms with van der Waals surface area (Å²) in [6.45, 7) is 2.29. The monoisotopic (exact) mass is 287 g/mol. The Morgan fingerprint density at radius 2 is 1.86 bits per heavy atom. The highest BCUT2D eigenvalue weighted by Crippen LogP contribution is 2.35. The molecule has 1 aromatic carbocycles. The van der Waals surface area contributed by atoms with Crippen LogP contribution < -0.4 is 4.90 Å². The van der Waals surface area contributed by atoms with Crippen LogP contribution in [0.3, 0.4) is 0 Å². The molecule has 1 aromatic rings. The zero-order chi connectivity index (χ0) is 15.2. The normalized spacial score (nSPS) is 18.2. The van der Waals surface area contributed by atoms with Gasteiger partial charge in [-0.3, -0.25) is 0 Å². The van der Waals surface area contributed by atoms with Gasteiger partial charge in [-0.25, -0.2) is 4.79 Å². The predicted octanol–water partition coefficient (Wildman–Crippen LogP) is 3.90. The van der Waals surface area contributed by atoms with Crippen LogP contribution in [-0.4, -0.2) is 26.7 Å². The van der Waals surface area contributed by atoms with Crippen molar-refractivity contribution in [2.24, 2.45) is 0 Å². The minimum absolute atomic E-state index is 0.193. The molecule has 114 valence electrons. The van der Waals surface area contributed by atoms with Crippen LogP contribution in [0.2, 0.25) is 0 Å². The van der Waals surface area contributed by atoms with Crippen LogP contribution in [0, 0.1) is 0 Å². The summed E-state index contributed by atoms with van der Waals surface area (Å²) in [6, 6.07) is 8.83. The predicted molar refractivity (Wildman–Crippen MR) is 86.7 cm³/mol. The summed E-state index contributed by atoms with van der Waals surface area (Å²) in [7, 11) is 4.12. The van der Waals surface area contributed by atoms with Crippen molar-refractivity contribution in [3.05, 3.63) is 41.5 Å². The molecule has 0 atom stereocenters. The molecule has 2 rings (SSSR count). The average Bonchev–Trinajstić information content (AvgIpc) is 2.48. The van der Waals surface area contributed by atoms with Crippen LogP contribution in [0.25, 0.3) is 0 Å². The molecule has 0 unspecified atom stereocenters. The Kier molecular flexibility index (Phi) is 5.43. The molecule has 1 aliphatic carbocycles. The van der Waals surface area contributed by atoms with Crippen LogP contribution in [0.4, 0.5) is 5.69 Å². The summed E-state index contributed by atoms with van der Waals surface area (Å²) in [5, 5.41) is 0. The Balaban J connectivity index is 1.93. The van der Waals surface area contributed by atoms with Gasteiger partial charge in [-0.2, -0.15) is 0 Å². The van der Waals surface area contributed by atoms with E-state index in [0.29, 0.717) is 12.5 Å². The lowest BCUT2D eigenvalue weighted by Crippen LogP contribution is -2.10. The summed E-state index contributed by atoms with van der Waals surface area (Å²) >= 11 is 0. The molecular formula is C18H25NO2. The van der Waals surface area contributed by atoms with Gasteiger partial charge in [0.2, 0.25) is 0 Å². The van der Waals surface area contributed by atoms with Gasteiger partial charge in [0, 0.05) is 25.9 Å². The number of carbonyl (C=O) groups excluding carboxylic acids is 1. The number of esters is 1. The third-order valence-electron chi connectivity index (χ3n) is 4.12. The maximum absolute atomic E-state index is 11.5. The van der Waals surface area contributed by atoms with E-state index in [1.165, 1.54) is 16.8 Å². The Morgan fingerprint density at radius 1 is 1.24 bits per heavy atom. The van der Waals surface area contributed by atoms with Crippen molar-refractivity contribution >= 4 is 11.7 Å². The van der Waals surface area contributed by atoms with Crippen molar-refractivity contribution < 1.29 is 9.53 Å². The Hall–Kier alpha value is -1.77. The topological polar surface area (TPSA) is 29.5 Å². The fourth-order valence-electron chi connectivity index (χ4n) is 2.86. The molecule has 0 amide bonds. The number of benzene rings is 1. The molecule has 1 saturated carbocycles. The fraction of sp³-hybridized carbons (Fsp3) is 0.500. The second-order valence-electron chi connectivity index (χ2n) is 5.81. The summed E-state index contributed by atoms with van der Waals surface area (Å²) in [5.74, 6) is 0.418. The standard InChI is InChI=1S/C18H25NO2/c1-4-21-18(20)13-14-5-7-15(8-6-14)16-9-11-17(12-10-16)19(2)3/h9-13,15H,4-8H2,1-3H3. The highest BCUT2D eigenvalue weighted by molar-refractivity contribution is 5.82. The van der Waals surface area contributed by atoms with Crippen LogP contribution in [-0.2, 0) is 9.53 Å². The highest BCUT2D eigenvalue weighted by Gasteiger charge is 2.19. The second-order valence-corrected chi connectivity index (χ2v) is 5.81. The molecule has 3 nitrogen and oxygen atoms in total. The molecule has 0 radical (unpaired) electrons. The van der Waals surface area contributed by atoms with Gasteiger partial charge < -0.3 is 9.64 Å². The minimum Gasteiger partial charge on any atom is -0.463 e. The SMILES string of the molecule is CCOC(=O)C=C1CCC(c2ccc(N(C)C)cc2)CC1.